The number of benzene rings is 2. The van der Waals surface area contributed by atoms with Crippen LogP contribution in [0.25, 0.3) is 0 Å². The van der Waals surface area contributed by atoms with Crippen LogP contribution in [0.4, 0.5) is 11.4 Å². The van der Waals surface area contributed by atoms with Crippen LogP contribution >= 0.6 is 12.2 Å². The van der Waals surface area contributed by atoms with Crippen molar-refractivity contribution in [3.05, 3.63) is 48.5 Å². The van der Waals surface area contributed by atoms with Gasteiger partial charge in [-0.15, -0.1) is 0 Å². The van der Waals surface area contributed by atoms with E-state index in [0.29, 0.717) is 28.6 Å². The molecule has 2 aromatic rings. The summed E-state index contributed by atoms with van der Waals surface area (Å²) in [4.78, 5) is 2.42. The first kappa shape index (κ1) is 21.4. The standard InChI is InChI=1S/C21H27N3O3S2/c1-15-5-4-6-16(2)24(15)21(28)22-17-9-13-20(14-10-17)29(25,26)23-18-7-11-19(27-3)12-8-18/h7-16,23H,4-6H2,1-3H3,(H,22,28)/t15-,16-/m1/s1. The van der Waals surface area contributed by atoms with Crippen molar-refractivity contribution in [1.29, 1.82) is 0 Å². The molecule has 156 valence electrons. The second kappa shape index (κ2) is 9.00. The van der Waals surface area contributed by atoms with Crippen molar-refractivity contribution in [1.82, 2.24) is 4.90 Å². The third-order valence-electron chi connectivity index (χ3n) is 5.19. The maximum atomic E-state index is 12.6. The van der Waals surface area contributed by atoms with Crippen LogP contribution in [0.5, 0.6) is 5.75 Å². The molecule has 2 atom stereocenters. The minimum absolute atomic E-state index is 0.185. The molecule has 1 aliphatic rings. The van der Waals surface area contributed by atoms with Crippen LogP contribution in [0.2, 0.25) is 0 Å². The van der Waals surface area contributed by atoms with Crippen molar-refractivity contribution in [2.75, 3.05) is 17.1 Å². The van der Waals surface area contributed by atoms with E-state index in [1.807, 2.05) is 0 Å². The lowest BCUT2D eigenvalue weighted by Crippen LogP contribution is -2.49. The highest BCUT2D eigenvalue weighted by Gasteiger charge is 2.26. The number of sulfonamides is 1. The van der Waals surface area contributed by atoms with Crippen molar-refractivity contribution in [2.24, 2.45) is 0 Å². The third kappa shape index (κ3) is 5.19. The summed E-state index contributed by atoms with van der Waals surface area (Å²) >= 11 is 5.60. The van der Waals surface area contributed by atoms with E-state index in [1.54, 1.807) is 55.6 Å². The Kier molecular flexibility index (Phi) is 6.64. The first-order valence-electron chi connectivity index (χ1n) is 9.66. The van der Waals surface area contributed by atoms with Gasteiger partial charge < -0.3 is 15.0 Å². The van der Waals surface area contributed by atoms with Gasteiger partial charge in [0.1, 0.15) is 5.75 Å². The third-order valence-corrected chi connectivity index (χ3v) is 6.90. The Labute approximate surface area is 178 Å². The Morgan fingerprint density at radius 2 is 1.55 bits per heavy atom. The number of nitrogens with one attached hydrogen (secondary N) is 2. The highest BCUT2D eigenvalue weighted by Crippen LogP contribution is 2.25. The molecule has 1 fully saturated rings. The smallest absolute Gasteiger partial charge is 0.261 e. The number of ether oxygens (including phenoxy) is 1. The van der Waals surface area contributed by atoms with Gasteiger partial charge in [-0.3, -0.25) is 4.72 Å². The fourth-order valence-corrected chi connectivity index (χ4v) is 5.14. The molecule has 1 heterocycles. The molecule has 0 bridgehead atoms. The average Bonchev–Trinajstić information content (AvgIpc) is 2.68. The number of likely N-dealkylation sites (tertiary alicyclic amines) is 1. The van der Waals surface area contributed by atoms with Gasteiger partial charge in [-0.2, -0.15) is 0 Å². The summed E-state index contributed by atoms with van der Waals surface area (Å²) in [5.41, 5.74) is 1.24. The lowest BCUT2D eigenvalue weighted by atomic mass is 9.98. The molecule has 0 aromatic heterocycles. The molecule has 0 saturated carbocycles. The van der Waals surface area contributed by atoms with Crippen LogP contribution in [-0.4, -0.2) is 37.6 Å². The summed E-state index contributed by atoms with van der Waals surface area (Å²) in [6, 6.07) is 14.1. The predicted molar refractivity (Wildman–Crippen MR) is 121 cm³/mol. The predicted octanol–water partition coefficient (Wildman–Crippen LogP) is 4.46. The number of rotatable bonds is 5. The van der Waals surface area contributed by atoms with Gasteiger partial charge in [0.15, 0.2) is 5.11 Å². The van der Waals surface area contributed by atoms with Crippen LogP contribution in [0.3, 0.4) is 0 Å². The summed E-state index contributed by atoms with van der Waals surface area (Å²) in [6.07, 6.45) is 3.47. The lowest BCUT2D eigenvalue weighted by molar-refractivity contribution is 0.194. The van der Waals surface area contributed by atoms with E-state index in [9.17, 15) is 8.42 Å². The van der Waals surface area contributed by atoms with Crippen LogP contribution < -0.4 is 14.8 Å². The van der Waals surface area contributed by atoms with Crippen LogP contribution in [0.1, 0.15) is 33.1 Å². The molecule has 0 amide bonds. The number of piperidine rings is 1. The number of nitrogens with zero attached hydrogens (tertiary/aromatic N) is 1. The Morgan fingerprint density at radius 3 is 2.10 bits per heavy atom. The topological polar surface area (TPSA) is 70.7 Å². The molecule has 1 aliphatic heterocycles. The molecule has 0 spiro atoms. The van der Waals surface area contributed by atoms with Gasteiger partial charge in [-0.1, -0.05) is 0 Å². The van der Waals surface area contributed by atoms with Crippen LogP contribution in [-0.2, 0) is 10.0 Å². The number of methoxy groups -OCH3 is 1. The van der Waals surface area contributed by atoms with Crippen LogP contribution in [0.15, 0.2) is 53.4 Å². The maximum Gasteiger partial charge on any atom is 0.261 e. The first-order valence-corrected chi connectivity index (χ1v) is 11.6. The molecule has 3 rings (SSSR count). The van der Waals surface area contributed by atoms with E-state index in [4.69, 9.17) is 17.0 Å². The Bertz CT molecular complexity index is 934. The fraction of sp³-hybridized carbons (Fsp3) is 0.381. The minimum Gasteiger partial charge on any atom is -0.497 e. The molecule has 2 aromatic carbocycles. The molecule has 1 saturated heterocycles. The van der Waals surface area contributed by atoms with Gasteiger partial charge in [-0.25, -0.2) is 8.42 Å². The highest BCUT2D eigenvalue weighted by molar-refractivity contribution is 7.92. The van der Waals surface area contributed by atoms with E-state index >= 15 is 0 Å². The molecule has 8 heteroatoms. The molecule has 2 N–H and O–H groups in total. The molecule has 0 unspecified atom stereocenters. The highest BCUT2D eigenvalue weighted by atomic mass is 32.2. The average molecular weight is 434 g/mol. The van der Waals surface area contributed by atoms with E-state index in [2.05, 4.69) is 28.8 Å². The molecular weight excluding hydrogens is 406 g/mol. The fourth-order valence-electron chi connectivity index (χ4n) is 3.60. The summed E-state index contributed by atoms with van der Waals surface area (Å²) in [5.74, 6) is 0.664. The van der Waals surface area contributed by atoms with Crippen molar-refractivity contribution in [3.63, 3.8) is 0 Å². The lowest BCUT2D eigenvalue weighted by Gasteiger charge is -2.40. The number of anilines is 2. The largest absolute Gasteiger partial charge is 0.497 e. The van der Waals surface area contributed by atoms with Gasteiger partial charge in [0.2, 0.25) is 0 Å². The zero-order valence-electron chi connectivity index (χ0n) is 16.9. The molecule has 29 heavy (non-hydrogen) atoms. The Morgan fingerprint density at radius 1 is 1.00 bits per heavy atom. The number of hydrogen-bond acceptors (Lipinski definition) is 4. The second-order valence-electron chi connectivity index (χ2n) is 7.32. The Hall–Kier alpha value is -2.32. The summed E-state index contributed by atoms with van der Waals surface area (Å²) in [5, 5.41) is 3.92. The van der Waals surface area contributed by atoms with Crippen molar-refractivity contribution < 1.29 is 13.2 Å². The maximum absolute atomic E-state index is 12.6. The summed E-state index contributed by atoms with van der Waals surface area (Å²) < 4.78 is 32.9. The molecule has 0 radical (unpaired) electrons. The number of thiocarbonyl (C=S) groups is 1. The van der Waals surface area contributed by atoms with Gasteiger partial charge >= 0.3 is 0 Å². The minimum atomic E-state index is -3.68. The Balaban J connectivity index is 1.67. The molecular formula is C21H27N3O3S2. The summed E-state index contributed by atoms with van der Waals surface area (Å²) in [7, 11) is -2.12. The SMILES string of the molecule is COc1ccc(NS(=O)(=O)c2ccc(NC(=S)N3[C@H](C)CCC[C@H]3C)cc2)cc1. The number of hydrogen-bond donors (Lipinski definition) is 2. The van der Waals surface area contributed by atoms with Gasteiger partial charge in [-0.05, 0) is 93.9 Å². The van der Waals surface area contributed by atoms with Crippen molar-refractivity contribution in [2.45, 2.75) is 50.1 Å². The second-order valence-corrected chi connectivity index (χ2v) is 9.39. The van der Waals surface area contributed by atoms with E-state index in [1.165, 1.54) is 6.42 Å². The summed E-state index contributed by atoms with van der Waals surface area (Å²) in [6.45, 7) is 4.37. The van der Waals surface area contributed by atoms with Crippen molar-refractivity contribution >= 4 is 38.7 Å². The normalized spacial score (nSPS) is 19.5. The monoisotopic (exact) mass is 433 g/mol. The molecule has 6 nitrogen and oxygen atoms in total. The quantitative estimate of drug-likeness (QED) is 0.679. The van der Waals surface area contributed by atoms with Crippen molar-refractivity contribution in [3.8, 4) is 5.75 Å². The van der Waals surface area contributed by atoms with Gasteiger partial charge in [0, 0.05) is 23.5 Å². The van der Waals surface area contributed by atoms with Crippen LogP contribution in [0, 0.1) is 0 Å². The zero-order chi connectivity index (χ0) is 21.0. The van der Waals surface area contributed by atoms with E-state index < -0.39 is 10.0 Å². The zero-order valence-corrected chi connectivity index (χ0v) is 18.5. The van der Waals surface area contributed by atoms with E-state index in [0.717, 1.165) is 18.5 Å². The first-order chi connectivity index (χ1) is 13.8. The van der Waals surface area contributed by atoms with E-state index in [-0.39, 0.29) is 4.90 Å². The van der Waals surface area contributed by atoms with Gasteiger partial charge in [0.25, 0.3) is 10.0 Å². The molecule has 0 aliphatic carbocycles. The van der Waals surface area contributed by atoms with Gasteiger partial charge in [0.05, 0.1) is 12.0 Å².